The summed E-state index contributed by atoms with van der Waals surface area (Å²) >= 11 is 6.17. The van der Waals surface area contributed by atoms with Crippen molar-refractivity contribution in [3.8, 4) is 5.75 Å². The number of carbonyl (C=O) groups is 1. The van der Waals surface area contributed by atoms with Crippen LogP contribution in [0.15, 0.2) is 48.5 Å². The maximum atomic E-state index is 12.8. The van der Waals surface area contributed by atoms with Crippen molar-refractivity contribution in [1.29, 1.82) is 0 Å². The van der Waals surface area contributed by atoms with E-state index in [0.717, 1.165) is 34.2 Å². The summed E-state index contributed by atoms with van der Waals surface area (Å²) < 4.78 is 5.25. The molecular weight excluding hydrogens is 384 g/mol. The molecule has 3 atom stereocenters. The van der Waals surface area contributed by atoms with Gasteiger partial charge in [-0.05, 0) is 66.5 Å². The van der Waals surface area contributed by atoms with E-state index < -0.39 is 0 Å². The molecule has 2 aromatic carbocycles. The van der Waals surface area contributed by atoms with Crippen LogP contribution in [-0.2, 0) is 17.9 Å². The van der Waals surface area contributed by atoms with E-state index in [9.17, 15) is 4.79 Å². The fourth-order valence-electron chi connectivity index (χ4n) is 4.93. The van der Waals surface area contributed by atoms with Gasteiger partial charge in [0.1, 0.15) is 5.75 Å². The van der Waals surface area contributed by atoms with E-state index in [0.29, 0.717) is 31.6 Å². The zero-order chi connectivity index (χ0) is 20.2. The maximum Gasteiger partial charge on any atom is 0.234 e. The summed E-state index contributed by atoms with van der Waals surface area (Å²) in [5, 5.41) is 4.04. The van der Waals surface area contributed by atoms with Gasteiger partial charge in [-0.25, -0.2) is 0 Å². The number of nitrogens with one attached hydrogen (secondary N) is 1. The van der Waals surface area contributed by atoms with Gasteiger partial charge in [0.25, 0.3) is 0 Å². The largest absolute Gasteiger partial charge is 0.497 e. The van der Waals surface area contributed by atoms with Gasteiger partial charge in [0.2, 0.25) is 5.91 Å². The van der Waals surface area contributed by atoms with Crippen LogP contribution in [0.25, 0.3) is 0 Å². The van der Waals surface area contributed by atoms with Crippen LogP contribution in [0, 0.1) is 11.8 Å². The van der Waals surface area contributed by atoms with Gasteiger partial charge in [0.15, 0.2) is 0 Å². The molecule has 4 rings (SSSR count). The molecular formula is C24H29ClN2O2. The molecule has 5 heteroatoms. The van der Waals surface area contributed by atoms with Crippen LogP contribution in [0.5, 0.6) is 5.75 Å². The molecule has 0 aliphatic heterocycles. The molecule has 4 nitrogen and oxygen atoms in total. The molecule has 2 aromatic rings. The highest BCUT2D eigenvalue weighted by Crippen LogP contribution is 2.44. The smallest absolute Gasteiger partial charge is 0.234 e. The molecule has 2 saturated carbocycles. The molecule has 0 spiro atoms. The first kappa shape index (κ1) is 20.2. The fraction of sp³-hybridized carbons (Fsp3) is 0.458. The number of halogens is 1. The molecule has 0 unspecified atom stereocenters. The van der Waals surface area contributed by atoms with Crippen LogP contribution in [0.4, 0.5) is 0 Å². The Kier molecular flexibility index (Phi) is 6.41. The highest BCUT2D eigenvalue weighted by molar-refractivity contribution is 6.30. The second kappa shape index (κ2) is 9.19. The van der Waals surface area contributed by atoms with Crippen molar-refractivity contribution in [3.63, 3.8) is 0 Å². The summed E-state index contributed by atoms with van der Waals surface area (Å²) in [4.78, 5) is 15.0. The number of benzene rings is 2. The number of hydrogen-bond donors (Lipinski definition) is 1. The van der Waals surface area contributed by atoms with Gasteiger partial charge in [0, 0.05) is 24.2 Å². The monoisotopic (exact) mass is 412 g/mol. The van der Waals surface area contributed by atoms with Crippen molar-refractivity contribution in [3.05, 3.63) is 64.7 Å². The lowest BCUT2D eigenvalue weighted by Crippen LogP contribution is -2.43. The van der Waals surface area contributed by atoms with E-state index in [4.69, 9.17) is 16.3 Å². The van der Waals surface area contributed by atoms with Crippen LogP contribution in [0.1, 0.15) is 36.8 Å². The van der Waals surface area contributed by atoms with E-state index in [1.54, 1.807) is 7.11 Å². The van der Waals surface area contributed by atoms with Gasteiger partial charge >= 0.3 is 0 Å². The van der Waals surface area contributed by atoms with Gasteiger partial charge in [-0.2, -0.15) is 0 Å². The second-order valence-corrected chi connectivity index (χ2v) is 8.91. The summed E-state index contributed by atoms with van der Waals surface area (Å²) in [6, 6.07) is 16.3. The molecule has 1 amide bonds. The van der Waals surface area contributed by atoms with Crippen LogP contribution in [0.3, 0.4) is 0 Å². The normalized spacial score (nSPS) is 22.8. The van der Waals surface area contributed by atoms with Gasteiger partial charge in [-0.1, -0.05) is 42.3 Å². The Hall–Kier alpha value is -2.04. The molecule has 0 heterocycles. The number of amides is 1. The highest BCUT2D eigenvalue weighted by Gasteiger charge is 2.40. The van der Waals surface area contributed by atoms with Crippen molar-refractivity contribution in [2.75, 3.05) is 13.7 Å². The maximum absolute atomic E-state index is 12.8. The van der Waals surface area contributed by atoms with E-state index in [2.05, 4.69) is 28.4 Å². The minimum Gasteiger partial charge on any atom is -0.497 e. The number of rotatable bonds is 8. The fourth-order valence-corrected chi connectivity index (χ4v) is 5.14. The lowest BCUT2D eigenvalue weighted by atomic mass is 9.95. The van der Waals surface area contributed by atoms with Gasteiger partial charge in [0.05, 0.1) is 13.7 Å². The van der Waals surface area contributed by atoms with Crippen LogP contribution < -0.4 is 10.1 Å². The summed E-state index contributed by atoms with van der Waals surface area (Å²) in [7, 11) is 1.67. The average Bonchev–Trinajstić information content (AvgIpc) is 3.31. The van der Waals surface area contributed by atoms with Crippen molar-refractivity contribution in [1.82, 2.24) is 10.2 Å². The molecule has 2 aliphatic carbocycles. The number of fused-ring (bicyclic) bond motifs is 2. The Balaban J connectivity index is 1.42. The first-order valence-electron chi connectivity index (χ1n) is 10.5. The Labute approximate surface area is 178 Å². The Bertz CT molecular complexity index is 839. The second-order valence-electron chi connectivity index (χ2n) is 8.47. The Morgan fingerprint density at radius 1 is 1.10 bits per heavy atom. The van der Waals surface area contributed by atoms with Gasteiger partial charge in [-0.15, -0.1) is 0 Å². The van der Waals surface area contributed by atoms with Crippen molar-refractivity contribution < 1.29 is 9.53 Å². The molecule has 1 N–H and O–H groups in total. The van der Waals surface area contributed by atoms with Crippen molar-refractivity contribution in [2.45, 2.75) is 44.8 Å². The standard InChI is InChI=1S/C24H29ClN2O2/c1-29-22-9-6-17(7-10-22)14-27(15-19-3-2-4-21(25)12-19)16-24(28)26-23-13-18-5-8-20(23)11-18/h2-4,6-7,9-10,12,18,20,23H,5,8,11,13-16H2,1H3,(H,26,28)/t18-,20+,23-/m1/s1. The molecule has 2 fully saturated rings. The van der Waals surface area contributed by atoms with Gasteiger partial charge < -0.3 is 10.1 Å². The summed E-state index contributed by atoms with van der Waals surface area (Å²) in [6.45, 7) is 1.75. The molecule has 0 saturated heterocycles. The quantitative estimate of drug-likeness (QED) is 0.685. The van der Waals surface area contributed by atoms with Gasteiger partial charge in [-0.3, -0.25) is 9.69 Å². The lowest BCUT2D eigenvalue weighted by Gasteiger charge is -2.26. The van der Waals surface area contributed by atoms with Crippen LogP contribution in [-0.4, -0.2) is 30.5 Å². The van der Waals surface area contributed by atoms with E-state index >= 15 is 0 Å². The highest BCUT2D eigenvalue weighted by atomic mass is 35.5. The van der Waals surface area contributed by atoms with E-state index in [1.165, 1.54) is 19.3 Å². The van der Waals surface area contributed by atoms with E-state index in [1.807, 2.05) is 30.3 Å². The molecule has 2 aliphatic rings. The predicted octanol–water partition coefficient (Wildman–Crippen LogP) is 4.66. The molecule has 0 aromatic heterocycles. The number of nitrogens with zero attached hydrogens (tertiary/aromatic N) is 1. The Morgan fingerprint density at radius 2 is 1.90 bits per heavy atom. The zero-order valence-corrected chi connectivity index (χ0v) is 17.7. The molecule has 29 heavy (non-hydrogen) atoms. The SMILES string of the molecule is COc1ccc(CN(CC(=O)N[C@@H]2C[C@@H]3CC[C@H]2C3)Cc2cccc(Cl)c2)cc1. The molecule has 2 bridgehead atoms. The van der Waals surface area contributed by atoms with Crippen molar-refractivity contribution >= 4 is 17.5 Å². The average molecular weight is 413 g/mol. The minimum atomic E-state index is 0.123. The lowest BCUT2D eigenvalue weighted by molar-refractivity contribution is -0.123. The summed E-state index contributed by atoms with van der Waals surface area (Å²) in [5.74, 6) is 2.47. The number of hydrogen-bond acceptors (Lipinski definition) is 3. The number of methoxy groups -OCH3 is 1. The van der Waals surface area contributed by atoms with Crippen LogP contribution in [0.2, 0.25) is 5.02 Å². The molecule has 154 valence electrons. The number of carbonyl (C=O) groups excluding carboxylic acids is 1. The molecule has 0 radical (unpaired) electrons. The first-order valence-corrected chi connectivity index (χ1v) is 10.9. The topological polar surface area (TPSA) is 41.6 Å². The third-order valence-electron chi connectivity index (χ3n) is 6.31. The van der Waals surface area contributed by atoms with Crippen molar-refractivity contribution in [2.24, 2.45) is 11.8 Å². The predicted molar refractivity (Wildman–Crippen MR) is 116 cm³/mol. The third-order valence-corrected chi connectivity index (χ3v) is 6.55. The van der Waals surface area contributed by atoms with E-state index in [-0.39, 0.29) is 5.91 Å². The van der Waals surface area contributed by atoms with Crippen LogP contribution >= 0.6 is 11.6 Å². The minimum absolute atomic E-state index is 0.123. The first-order chi connectivity index (χ1) is 14.1. The summed E-state index contributed by atoms with van der Waals surface area (Å²) in [6.07, 6.45) is 5.06. The third kappa shape index (κ3) is 5.31. The number of ether oxygens (including phenoxy) is 1. The Morgan fingerprint density at radius 3 is 2.55 bits per heavy atom. The summed E-state index contributed by atoms with van der Waals surface area (Å²) in [5.41, 5.74) is 2.26. The zero-order valence-electron chi connectivity index (χ0n) is 16.9.